The van der Waals surface area contributed by atoms with E-state index in [4.69, 9.17) is 0 Å². The van der Waals surface area contributed by atoms with E-state index in [1.807, 2.05) is 44.4 Å². The van der Waals surface area contributed by atoms with Gasteiger partial charge in [0.25, 0.3) is 0 Å². The molecule has 128 valence electrons. The lowest BCUT2D eigenvalue weighted by molar-refractivity contribution is 0.295. The van der Waals surface area contributed by atoms with Gasteiger partial charge in [0.1, 0.15) is 4.90 Å². The SMILES string of the molecule is CN(C)[C@H]1CC[C@H](NS(=O)(=O)c2cnc(-c3ccccc3)nc2)C1. The lowest BCUT2D eigenvalue weighted by atomic mass is 10.2. The third-order valence-corrected chi connectivity index (χ3v) is 5.90. The van der Waals surface area contributed by atoms with E-state index in [9.17, 15) is 8.42 Å². The summed E-state index contributed by atoms with van der Waals surface area (Å²) in [5.74, 6) is 0.517. The second-order valence-electron chi connectivity index (χ2n) is 6.36. The van der Waals surface area contributed by atoms with Crippen molar-refractivity contribution in [1.82, 2.24) is 19.6 Å². The van der Waals surface area contributed by atoms with Crippen LogP contribution in [0.15, 0.2) is 47.6 Å². The molecule has 0 unspecified atom stereocenters. The molecule has 3 rings (SSSR count). The van der Waals surface area contributed by atoms with E-state index >= 15 is 0 Å². The zero-order valence-corrected chi connectivity index (χ0v) is 14.7. The first-order chi connectivity index (χ1) is 11.5. The monoisotopic (exact) mass is 346 g/mol. The Hall–Kier alpha value is -1.83. The van der Waals surface area contributed by atoms with Crippen molar-refractivity contribution in [3.8, 4) is 11.4 Å². The summed E-state index contributed by atoms with van der Waals surface area (Å²) in [4.78, 5) is 10.6. The van der Waals surface area contributed by atoms with Crippen LogP contribution < -0.4 is 4.72 Å². The number of rotatable bonds is 5. The van der Waals surface area contributed by atoms with Gasteiger partial charge >= 0.3 is 0 Å². The van der Waals surface area contributed by atoms with Crippen LogP contribution in [-0.2, 0) is 10.0 Å². The van der Waals surface area contributed by atoms with Gasteiger partial charge in [0.2, 0.25) is 10.0 Å². The molecule has 24 heavy (non-hydrogen) atoms. The van der Waals surface area contributed by atoms with Crippen LogP contribution >= 0.6 is 0 Å². The molecule has 0 amide bonds. The maximum atomic E-state index is 12.5. The van der Waals surface area contributed by atoms with Crippen LogP contribution in [0, 0.1) is 0 Å². The Labute approximate surface area is 143 Å². The van der Waals surface area contributed by atoms with Gasteiger partial charge in [-0.1, -0.05) is 30.3 Å². The predicted molar refractivity (Wildman–Crippen MR) is 92.9 cm³/mol. The number of nitrogens with zero attached hydrogens (tertiary/aromatic N) is 3. The average molecular weight is 346 g/mol. The molecule has 1 aliphatic carbocycles. The third kappa shape index (κ3) is 3.80. The van der Waals surface area contributed by atoms with E-state index in [-0.39, 0.29) is 10.9 Å². The molecule has 2 atom stereocenters. The van der Waals surface area contributed by atoms with E-state index in [1.165, 1.54) is 12.4 Å². The van der Waals surface area contributed by atoms with Crippen LogP contribution in [0.25, 0.3) is 11.4 Å². The van der Waals surface area contributed by atoms with Gasteiger partial charge in [-0.3, -0.25) is 0 Å². The van der Waals surface area contributed by atoms with Gasteiger partial charge < -0.3 is 4.90 Å². The highest BCUT2D eigenvalue weighted by atomic mass is 32.2. The summed E-state index contributed by atoms with van der Waals surface area (Å²) in [5, 5.41) is 0. The molecule has 7 heteroatoms. The highest BCUT2D eigenvalue weighted by molar-refractivity contribution is 7.89. The summed E-state index contributed by atoms with van der Waals surface area (Å²) in [6, 6.07) is 9.88. The zero-order valence-electron chi connectivity index (χ0n) is 13.9. The van der Waals surface area contributed by atoms with Crippen LogP contribution in [-0.4, -0.2) is 49.5 Å². The van der Waals surface area contributed by atoms with Gasteiger partial charge in [-0.15, -0.1) is 0 Å². The first kappa shape index (κ1) is 17.0. The lowest BCUT2D eigenvalue weighted by Gasteiger charge is -2.19. The number of hydrogen-bond donors (Lipinski definition) is 1. The van der Waals surface area contributed by atoms with Crippen LogP contribution in [0.1, 0.15) is 19.3 Å². The van der Waals surface area contributed by atoms with Crippen LogP contribution in [0.2, 0.25) is 0 Å². The summed E-state index contributed by atoms with van der Waals surface area (Å²) in [6.45, 7) is 0. The zero-order chi connectivity index (χ0) is 17.2. The molecule has 0 spiro atoms. The minimum Gasteiger partial charge on any atom is -0.306 e. The van der Waals surface area contributed by atoms with Crippen molar-refractivity contribution < 1.29 is 8.42 Å². The Kier molecular flexibility index (Phi) is 4.93. The fraction of sp³-hybridized carbons (Fsp3) is 0.412. The summed E-state index contributed by atoms with van der Waals surface area (Å²) in [5.41, 5.74) is 0.860. The summed E-state index contributed by atoms with van der Waals surface area (Å²) >= 11 is 0. The predicted octanol–water partition coefficient (Wildman–Crippen LogP) is 1.90. The maximum Gasteiger partial charge on any atom is 0.243 e. The number of benzene rings is 1. The third-order valence-electron chi connectivity index (χ3n) is 4.43. The van der Waals surface area contributed by atoms with E-state index in [0.29, 0.717) is 11.9 Å². The quantitative estimate of drug-likeness (QED) is 0.895. The molecule has 1 aromatic heterocycles. The Morgan fingerprint density at radius 2 is 1.75 bits per heavy atom. The van der Waals surface area contributed by atoms with Crippen molar-refractivity contribution >= 4 is 10.0 Å². The Bertz CT molecular complexity index is 776. The molecule has 0 aliphatic heterocycles. The van der Waals surface area contributed by atoms with Crippen molar-refractivity contribution in [3.05, 3.63) is 42.7 Å². The van der Waals surface area contributed by atoms with Gasteiger partial charge in [0.05, 0.1) is 12.4 Å². The first-order valence-corrected chi connectivity index (χ1v) is 9.50. The van der Waals surface area contributed by atoms with Gasteiger partial charge in [-0.25, -0.2) is 23.1 Å². The average Bonchev–Trinajstić information content (AvgIpc) is 3.04. The minimum absolute atomic E-state index is 0.0313. The molecular formula is C17H22N4O2S. The summed E-state index contributed by atoms with van der Waals surface area (Å²) in [6.07, 6.45) is 5.43. The van der Waals surface area contributed by atoms with Crippen molar-refractivity contribution in [2.24, 2.45) is 0 Å². The second kappa shape index (κ2) is 6.96. The Morgan fingerprint density at radius 3 is 2.33 bits per heavy atom. The number of nitrogens with one attached hydrogen (secondary N) is 1. The minimum atomic E-state index is -3.59. The number of sulfonamides is 1. The molecule has 1 heterocycles. The number of hydrogen-bond acceptors (Lipinski definition) is 5. The molecule has 1 aromatic carbocycles. The van der Waals surface area contributed by atoms with Crippen LogP contribution in [0.3, 0.4) is 0 Å². The molecule has 1 N–H and O–H groups in total. The van der Waals surface area contributed by atoms with Crippen LogP contribution in [0.5, 0.6) is 0 Å². The topological polar surface area (TPSA) is 75.2 Å². The fourth-order valence-electron chi connectivity index (χ4n) is 3.01. The Balaban J connectivity index is 1.71. The van der Waals surface area contributed by atoms with Crippen molar-refractivity contribution in [3.63, 3.8) is 0 Å². The second-order valence-corrected chi connectivity index (χ2v) is 8.07. The van der Waals surface area contributed by atoms with Crippen LogP contribution in [0.4, 0.5) is 0 Å². The molecule has 0 radical (unpaired) electrons. The van der Waals surface area contributed by atoms with Crippen molar-refractivity contribution in [2.45, 2.75) is 36.2 Å². The highest BCUT2D eigenvalue weighted by Crippen LogP contribution is 2.24. The lowest BCUT2D eigenvalue weighted by Crippen LogP contribution is -2.35. The molecule has 6 nitrogen and oxygen atoms in total. The molecule has 1 saturated carbocycles. The van der Waals surface area contributed by atoms with Gasteiger partial charge in [-0.05, 0) is 33.4 Å². The molecule has 2 aromatic rings. The van der Waals surface area contributed by atoms with Gasteiger partial charge in [0, 0.05) is 17.6 Å². The largest absolute Gasteiger partial charge is 0.306 e. The maximum absolute atomic E-state index is 12.5. The first-order valence-electron chi connectivity index (χ1n) is 8.02. The standard InChI is InChI=1S/C17H22N4O2S/c1-21(2)15-9-8-14(10-15)20-24(22,23)16-11-18-17(19-12-16)13-6-4-3-5-7-13/h3-7,11-12,14-15,20H,8-10H2,1-2H3/t14-,15-/m0/s1. The molecule has 1 aliphatic rings. The molecular weight excluding hydrogens is 324 g/mol. The fourth-order valence-corrected chi connectivity index (χ4v) is 4.18. The Morgan fingerprint density at radius 1 is 1.08 bits per heavy atom. The van der Waals surface area contributed by atoms with E-state index in [0.717, 1.165) is 24.8 Å². The molecule has 1 fully saturated rings. The smallest absolute Gasteiger partial charge is 0.243 e. The highest BCUT2D eigenvalue weighted by Gasteiger charge is 2.29. The molecule has 0 bridgehead atoms. The van der Waals surface area contributed by atoms with Crippen molar-refractivity contribution in [1.29, 1.82) is 0 Å². The van der Waals surface area contributed by atoms with E-state index in [1.54, 1.807) is 0 Å². The van der Waals surface area contributed by atoms with Gasteiger partial charge in [-0.2, -0.15) is 0 Å². The molecule has 0 saturated heterocycles. The van der Waals surface area contributed by atoms with E-state index in [2.05, 4.69) is 19.6 Å². The van der Waals surface area contributed by atoms with Gasteiger partial charge in [0.15, 0.2) is 5.82 Å². The number of aromatic nitrogens is 2. The normalized spacial score (nSPS) is 21.3. The van der Waals surface area contributed by atoms with Crippen molar-refractivity contribution in [2.75, 3.05) is 14.1 Å². The van der Waals surface area contributed by atoms with E-state index < -0.39 is 10.0 Å². The summed E-state index contributed by atoms with van der Waals surface area (Å²) < 4.78 is 27.8. The summed E-state index contributed by atoms with van der Waals surface area (Å²) in [7, 11) is 0.466.